The molecule has 1 amide bonds. The minimum Gasteiger partial charge on any atom is -0.464 e. The van der Waals surface area contributed by atoms with E-state index in [9.17, 15) is 9.18 Å². The van der Waals surface area contributed by atoms with Gasteiger partial charge in [0.1, 0.15) is 17.3 Å². The van der Waals surface area contributed by atoms with E-state index in [1.807, 2.05) is 19.1 Å². The fourth-order valence-corrected chi connectivity index (χ4v) is 2.14. The van der Waals surface area contributed by atoms with Crippen LogP contribution in [-0.2, 0) is 6.54 Å². The quantitative estimate of drug-likeness (QED) is 0.805. The van der Waals surface area contributed by atoms with Crippen molar-refractivity contribution in [1.29, 1.82) is 0 Å². The summed E-state index contributed by atoms with van der Waals surface area (Å²) in [5.74, 6) is 1.03. The summed E-state index contributed by atoms with van der Waals surface area (Å²) < 4.78 is 18.6. The Morgan fingerprint density at radius 2 is 2.19 bits per heavy atom. The molecule has 3 rings (SSSR count). The van der Waals surface area contributed by atoms with E-state index in [2.05, 4.69) is 9.97 Å². The van der Waals surface area contributed by atoms with Crippen LogP contribution >= 0.6 is 0 Å². The Hall–Kier alpha value is -2.63. The molecule has 0 radical (unpaired) electrons. The van der Waals surface area contributed by atoms with Crippen LogP contribution in [0.1, 0.15) is 22.1 Å². The molecule has 0 aliphatic heterocycles. The molecule has 0 fully saturated rings. The number of nitrogens with one attached hydrogen (secondary N) is 1. The van der Waals surface area contributed by atoms with Crippen molar-refractivity contribution in [3.05, 3.63) is 53.5 Å². The second-order valence-corrected chi connectivity index (χ2v) is 4.92. The van der Waals surface area contributed by atoms with Crippen molar-refractivity contribution in [2.45, 2.75) is 13.5 Å². The molecule has 2 aromatic heterocycles. The molecule has 3 aromatic rings. The van der Waals surface area contributed by atoms with Crippen LogP contribution in [0.2, 0.25) is 0 Å². The van der Waals surface area contributed by atoms with Crippen molar-refractivity contribution in [3.63, 3.8) is 0 Å². The lowest BCUT2D eigenvalue weighted by Gasteiger charge is -2.13. The van der Waals surface area contributed by atoms with Gasteiger partial charge in [0, 0.05) is 7.05 Å². The number of aromatic nitrogens is 2. The highest BCUT2D eigenvalue weighted by molar-refractivity contribution is 5.93. The average Bonchev–Trinajstić information content (AvgIpc) is 3.03. The number of furan rings is 1. The fraction of sp³-hybridized carbons (Fsp3) is 0.200. The highest BCUT2D eigenvalue weighted by Gasteiger charge is 2.17. The van der Waals surface area contributed by atoms with Crippen LogP contribution in [0.25, 0.3) is 11.0 Å². The molecule has 0 aliphatic rings. The number of benzene rings is 1. The molecule has 1 aromatic carbocycles. The molecule has 6 heteroatoms. The predicted octanol–water partition coefficient (Wildman–Crippen LogP) is 2.88. The maximum absolute atomic E-state index is 13.1. The summed E-state index contributed by atoms with van der Waals surface area (Å²) in [6.07, 6.45) is 0. The summed E-state index contributed by atoms with van der Waals surface area (Å²) in [5, 5.41) is 0. The second kappa shape index (κ2) is 5.05. The third kappa shape index (κ3) is 2.65. The van der Waals surface area contributed by atoms with Crippen molar-refractivity contribution in [2.24, 2.45) is 0 Å². The highest BCUT2D eigenvalue weighted by Crippen LogP contribution is 2.15. The zero-order valence-electron chi connectivity index (χ0n) is 11.7. The Labute approximate surface area is 120 Å². The van der Waals surface area contributed by atoms with Crippen LogP contribution in [0.4, 0.5) is 4.39 Å². The Morgan fingerprint density at radius 1 is 1.38 bits per heavy atom. The first-order valence-corrected chi connectivity index (χ1v) is 6.49. The van der Waals surface area contributed by atoms with Gasteiger partial charge >= 0.3 is 0 Å². The second-order valence-electron chi connectivity index (χ2n) is 4.92. The van der Waals surface area contributed by atoms with E-state index >= 15 is 0 Å². The van der Waals surface area contributed by atoms with Crippen molar-refractivity contribution >= 4 is 16.9 Å². The number of hydrogen-bond acceptors (Lipinski definition) is 3. The predicted molar refractivity (Wildman–Crippen MR) is 75.3 cm³/mol. The summed E-state index contributed by atoms with van der Waals surface area (Å²) in [4.78, 5) is 20.8. The number of hydrogen-bond donors (Lipinski definition) is 1. The molecule has 0 saturated heterocycles. The number of imidazole rings is 1. The third-order valence-electron chi connectivity index (χ3n) is 3.18. The molecule has 1 N–H and O–H groups in total. The number of nitrogens with zero attached hydrogens (tertiary/aromatic N) is 2. The van der Waals surface area contributed by atoms with Crippen molar-refractivity contribution in [2.75, 3.05) is 7.05 Å². The topological polar surface area (TPSA) is 62.1 Å². The van der Waals surface area contributed by atoms with Gasteiger partial charge < -0.3 is 14.3 Å². The molecule has 0 bridgehead atoms. The normalized spacial score (nSPS) is 11.0. The van der Waals surface area contributed by atoms with E-state index in [0.717, 1.165) is 5.76 Å². The summed E-state index contributed by atoms with van der Waals surface area (Å²) >= 11 is 0. The molecule has 0 atom stereocenters. The first-order valence-electron chi connectivity index (χ1n) is 6.49. The number of amides is 1. The van der Waals surface area contributed by atoms with E-state index in [-0.39, 0.29) is 17.5 Å². The average molecular weight is 287 g/mol. The molecule has 5 nitrogen and oxygen atoms in total. The summed E-state index contributed by atoms with van der Waals surface area (Å²) in [6, 6.07) is 7.83. The van der Waals surface area contributed by atoms with E-state index in [0.29, 0.717) is 23.3 Å². The van der Waals surface area contributed by atoms with Gasteiger partial charge in [-0.05, 0) is 37.3 Å². The smallest absolute Gasteiger partial charge is 0.289 e. The molecule has 0 spiro atoms. The Morgan fingerprint density at radius 3 is 2.90 bits per heavy atom. The number of H-pyrrole nitrogens is 1. The van der Waals surface area contributed by atoms with Gasteiger partial charge in [-0.15, -0.1) is 0 Å². The van der Waals surface area contributed by atoms with E-state index in [1.54, 1.807) is 7.05 Å². The standard InChI is InChI=1S/C15H14FN3O2/c1-9-3-5-11(21-9)8-19(2)15(20)14-17-12-6-4-10(16)7-13(12)18-14/h3-7H,8H2,1-2H3,(H,17,18). The van der Waals surface area contributed by atoms with Crippen molar-refractivity contribution in [3.8, 4) is 0 Å². The molecule has 0 saturated carbocycles. The minimum absolute atomic E-state index is 0.182. The molecular weight excluding hydrogens is 273 g/mol. The Balaban J connectivity index is 1.82. The summed E-state index contributed by atoms with van der Waals surface area (Å²) in [7, 11) is 1.66. The van der Waals surface area contributed by atoms with Gasteiger partial charge in [0.15, 0.2) is 5.82 Å². The van der Waals surface area contributed by atoms with Crippen LogP contribution in [0.3, 0.4) is 0 Å². The zero-order valence-corrected chi connectivity index (χ0v) is 11.7. The minimum atomic E-state index is -0.371. The number of aryl methyl sites for hydroxylation is 1. The first-order chi connectivity index (χ1) is 10.0. The van der Waals surface area contributed by atoms with E-state index in [1.165, 1.54) is 23.1 Å². The largest absolute Gasteiger partial charge is 0.464 e. The number of halogens is 1. The van der Waals surface area contributed by atoms with Gasteiger partial charge in [0.25, 0.3) is 5.91 Å². The van der Waals surface area contributed by atoms with Gasteiger partial charge in [-0.25, -0.2) is 9.37 Å². The van der Waals surface area contributed by atoms with Gasteiger partial charge in [0.2, 0.25) is 0 Å². The lowest BCUT2D eigenvalue weighted by Crippen LogP contribution is -2.26. The number of carbonyl (C=O) groups excluding carboxylic acids is 1. The lowest BCUT2D eigenvalue weighted by atomic mass is 10.3. The first kappa shape index (κ1) is 13.4. The Kier molecular flexibility index (Phi) is 3.21. The third-order valence-corrected chi connectivity index (χ3v) is 3.18. The van der Waals surface area contributed by atoms with Crippen molar-refractivity contribution < 1.29 is 13.6 Å². The maximum atomic E-state index is 13.1. The van der Waals surface area contributed by atoms with E-state index < -0.39 is 0 Å². The highest BCUT2D eigenvalue weighted by atomic mass is 19.1. The molecule has 0 aliphatic carbocycles. The monoisotopic (exact) mass is 287 g/mol. The zero-order chi connectivity index (χ0) is 15.0. The van der Waals surface area contributed by atoms with Crippen molar-refractivity contribution in [1.82, 2.24) is 14.9 Å². The number of fused-ring (bicyclic) bond motifs is 1. The fourth-order valence-electron chi connectivity index (χ4n) is 2.14. The summed E-state index contributed by atoms with van der Waals surface area (Å²) in [6.45, 7) is 2.19. The molecule has 21 heavy (non-hydrogen) atoms. The number of carbonyl (C=O) groups is 1. The lowest BCUT2D eigenvalue weighted by molar-refractivity contribution is 0.0764. The number of aromatic amines is 1. The molecule has 0 unspecified atom stereocenters. The molecule has 2 heterocycles. The maximum Gasteiger partial charge on any atom is 0.289 e. The van der Waals surface area contributed by atoms with Crippen LogP contribution in [-0.4, -0.2) is 27.8 Å². The summed E-state index contributed by atoms with van der Waals surface area (Å²) in [5.41, 5.74) is 1.06. The number of rotatable bonds is 3. The van der Waals surface area contributed by atoms with Gasteiger partial charge in [0.05, 0.1) is 17.6 Å². The van der Waals surface area contributed by atoms with Crippen LogP contribution in [0.5, 0.6) is 0 Å². The van der Waals surface area contributed by atoms with E-state index in [4.69, 9.17) is 4.42 Å². The SMILES string of the molecule is Cc1ccc(CN(C)C(=O)c2nc3ccc(F)cc3[nH]2)o1. The Bertz CT molecular complexity index is 806. The van der Waals surface area contributed by atoms with Crippen LogP contribution in [0, 0.1) is 12.7 Å². The molecular formula is C15H14FN3O2. The molecule has 108 valence electrons. The van der Waals surface area contributed by atoms with Crippen LogP contribution < -0.4 is 0 Å². The van der Waals surface area contributed by atoms with Crippen LogP contribution in [0.15, 0.2) is 34.7 Å². The van der Waals surface area contributed by atoms with Gasteiger partial charge in [-0.1, -0.05) is 0 Å². The van der Waals surface area contributed by atoms with Gasteiger partial charge in [-0.2, -0.15) is 0 Å². The van der Waals surface area contributed by atoms with Gasteiger partial charge in [-0.3, -0.25) is 4.79 Å².